The Kier molecular flexibility index (Phi) is 6.41. The summed E-state index contributed by atoms with van der Waals surface area (Å²) in [4.78, 5) is 15.3. The highest BCUT2D eigenvalue weighted by molar-refractivity contribution is 5.96. The van der Waals surface area contributed by atoms with Crippen LogP contribution >= 0.6 is 12.4 Å². The van der Waals surface area contributed by atoms with Gasteiger partial charge in [-0.2, -0.15) is 0 Å². The van der Waals surface area contributed by atoms with Crippen LogP contribution in [0.1, 0.15) is 22.3 Å². The summed E-state index contributed by atoms with van der Waals surface area (Å²) in [5.74, 6) is 0.869. The van der Waals surface area contributed by atoms with Crippen LogP contribution in [0.3, 0.4) is 0 Å². The number of aromatic nitrogens is 1. The Morgan fingerprint density at radius 3 is 2.67 bits per heavy atom. The van der Waals surface area contributed by atoms with Gasteiger partial charge in [-0.3, -0.25) is 4.79 Å². The fourth-order valence-electron chi connectivity index (χ4n) is 2.64. The molecule has 24 heavy (non-hydrogen) atoms. The molecule has 3 aromatic rings. The second-order valence-corrected chi connectivity index (χ2v) is 5.45. The zero-order valence-electron chi connectivity index (χ0n) is 13.3. The SMILES string of the molecule is Cl.NCCc1c[nH]c2ccc(OCCC(=O)c3ccccc3)cc12. The fourth-order valence-corrected chi connectivity index (χ4v) is 2.64. The van der Waals surface area contributed by atoms with Gasteiger partial charge in [0.05, 0.1) is 6.61 Å². The first-order chi connectivity index (χ1) is 11.3. The van der Waals surface area contributed by atoms with Gasteiger partial charge in [-0.05, 0) is 36.7 Å². The van der Waals surface area contributed by atoms with Crippen molar-refractivity contribution in [3.8, 4) is 5.75 Å². The lowest BCUT2D eigenvalue weighted by Gasteiger charge is -2.07. The van der Waals surface area contributed by atoms with Crippen molar-refractivity contribution in [1.29, 1.82) is 0 Å². The summed E-state index contributed by atoms with van der Waals surface area (Å²) >= 11 is 0. The number of carbonyl (C=O) groups is 1. The molecule has 5 heteroatoms. The Bertz CT molecular complexity index is 799. The van der Waals surface area contributed by atoms with Crippen molar-refractivity contribution in [3.05, 3.63) is 65.9 Å². The molecule has 126 valence electrons. The number of fused-ring (bicyclic) bond motifs is 1. The second kappa shape index (κ2) is 8.52. The summed E-state index contributed by atoms with van der Waals surface area (Å²) in [6, 6.07) is 15.2. The molecule has 3 rings (SSSR count). The highest BCUT2D eigenvalue weighted by Gasteiger charge is 2.07. The van der Waals surface area contributed by atoms with E-state index >= 15 is 0 Å². The predicted molar refractivity (Wildman–Crippen MR) is 99.2 cm³/mol. The number of Topliss-reactive ketones (excluding diaryl/α,β-unsaturated/α-hetero) is 1. The fraction of sp³-hybridized carbons (Fsp3) is 0.211. The van der Waals surface area contributed by atoms with Crippen LogP contribution in [-0.2, 0) is 6.42 Å². The van der Waals surface area contributed by atoms with E-state index in [1.807, 2.05) is 54.7 Å². The first-order valence-electron chi connectivity index (χ1n) is 7.79. The summed E-state index contributed by atoms with van der Waals surface area (Å²) in [7, 11) is 0. The number of nitrogens with two attached hydrogens (primary N) is 1. The summed E-state index contributed by atoms with van der Waals surface area (Å²) < 4.78 is 5.74. The number of benzene rings is 2. The van der Waals surface area contributed by atoms with Gasteiger partial charge in [0.25, 0.3) is 0 Å². The number of nitrogens with one attached hydrogen (secondary N) is 1. The summed E-state index contributed by atoms with van der Waals surface area (Å²) in [6.07, 6.45) is 3.18. The smallest absolute Gasteiger partial charge is 0.166 e. The Balaban J connectivity index is 0.00000208. The molecule has 2 aromatic carbocycles. The van der Waals surface area contributed by atoms with Gasteiger partial charge in [0.15, 0.2) is 5.78 Å². The molecule has 0 aliphatic carbocycles. The highest BCUT2D eigenvalue weighted by Crippen LogP contribution is 2.24. The zero-order chi connectivity index (χ0) is 16.1. The number of ketones is 1. The van der Waals surface area contributed by atoms with E-state index in [0.29, 0.717) is 19.6 Å². The molecule has 1 aromatic heterocycles. The van der Waals surface area contributed by atoms with Crippen LogP contribution in [-0.4, -0.2) is 23.9 Å². The van der Waals surface area contributed by atoms with Crippen LogP contribution in [0.15, 0.2) is 54.7 Å². The number of hydrogen-bond acceptors (Lipinski definition) is 3. The van der Waals surface area contributed by atoms with Gasteiger partial charge in [0.1, 0.15) is 5.75 Å². The van der Waals surface area contributed by atoms with Gasteiger partial charge in [0.2, 0.25) is 0 Å². The Hall–Kier alpha value is -2.30. The Morgan fingerprint density at radius 2 is 1.92 bits per heavy atom. The quantitative estimate of drug-likeness (QED) is 0.641. The van der Waals surface area contributed by atoms with E-state index in [-0.39, 0.29) is 18.2 Å². The monoisotopic (exact) mass is 344 g/mol. The van der Waals surface area contributed by atoms with E-state index in [1.54, 1.807) is 0 Å². The third kappa shape index (κ3) is 4.16. The second-order valence-electron chi connectivity index (χ2n) is 5.45. The molecule has 3 N–H and O–H groups in total. The van der Waals surface area contributed by atoms with Crippen molar-refractivity contribution in [2.75, 3.05) is 13.2 Å². The van der Waals surface area contributed by atoms with Gasteiger partial charge < -0.3 is 15.5 Å². The molecule has 1 heterocycles. The van der Waals surface area contributed by atoms with Crippen molar-refractivity contribution in [1.82, 2.24) is 4.98 Å². The summed E-state index contributed by atoms with van der Waals surface area (Å²) in [5, 5.41) is 1.13. The minimum atomic E-state index is 0. The Morgan fingerprint density at radius 1 is 1.12 bits per heavy atom. The number of aromatic amines is 1. The van der Waals surface area contributed by atoms with Crippen LogP contribution < -0.4 is 10.5 Å². The normalized spacial score (nSPS) is 10.4. The summed E-state index contributed by atoms with van der Waals surface area (Å²) in [5.41, 5.74) is 8.62. The molecule has 0 saturated carbocycles. The molecule has 0 fully saturated rings. The third-order valence-electron chi connectivity index (χ3n) is 3.85. The number of carbonyl (C=O) groups excluding carboxylic acids is 1. The molecule has 0 bridgehead atoms. The van der Waals surface area contributed by atoms with Gasteiger partial charge in [-0.1, -0.05) is 30.3 Å². The lowest BCUT2D eigenvalue weighted by atomic mass is 10.1. The van der Waals surface area contributed by atoms with Crippen molar-refractivity contribution >= 4 is 29.1 Å². The molecule has 0 aliphatic heterocycles. The lowest BCUT2D eigenvalue weighted by Crippen LogP contribution is -2.06. The molecule has 0 radical (unpaired) electrons. The lowest BCUT2D eigenvalue weighted by molar-refractivity contribution is 0.0962. The molecule has 0 saturated heterocycles. The molecule has 0 aliphatic rings. The molecule has 0 amide bonds. The minimum Gasteiger partial charge on any atom is -0.493 e. The predicted octanol–water partition coefficient (Wildman–Crippen LogP) is 3.74. The zero-order valence-corrected chi connectivity index (χ0v) is 14.1. The standard InChI is InChI=1S/C19H20N2O2.ClH/c20-10-8-15-13-21-18-7-6-16(12-17(15)18)23-11-9-19(22)14-4-2-1-3-5-14;/h1-7,12-13,21H,8-11,20H2;1H. The number of ether oxygens (including phenoxy) is 1. The van der Waals surface area contributed by atoms with Crippen LogP contribution in [0.2, 0.25) is 0 Å². The largest absolute Gasteiger partial charge is 0.493 e. The molecule has 4 nitrogen and oxygen atoms in total. The van der Waals surface area contributed by atoms with E-state index in [0.717, 1.165) is 28.6 Å². The van der Waals surface area contributed by atoms with E-state index in [2.05, 4.69) is 4.98 Å². The van der Waals surface area contributed by atoms with Crippen LogP contribution in [0.25, 0.3) is 10.9 Å². The number of hydrogen-bond donors (Lipinski definition) is 2. The van der Waals surface area contributed by atoms with Gasteiger partial charge in [-0.25, -0.2) is 0 Å². The average Bonchev–Trinajstić information content (AvgIpc) is 2.98. The molecular formula is C19H21ClN2O2. The van der Waals surface area contributed by atoms with Crippen molar-refractivity contribution in [2.24, 2.45) is 5.73 Å². The topological polar surface area (TPSA) is 68.1 Å². The molecule has 0 atom stereocenters. The maximum atomic E-state index is 12.0. The first kappa shape index (κ1) is 18.0. The Labute approximate surface area is 147 Å². The number of rotatable bonds is 7. The highest BCUT2D eigenvalue weighted by atomic mass is 35.5. The third-order valence-corrected chi connectivity index (χ3v) is 3.85. The average molecular weight is 345 g/mol. The van der Waals surface area contributed by atoms with Crippen LogP contribution in [0.4, 0.5) is 0 Å². The van der Waals surface area contributed by atoms with Crippen molar-refractivity contribution < 1.29 is 9.53 Å². The molecule has 0 unspecified atom stereocenters. The van der Waals surface area contributed by atoms with Gasteiger partial charge in [-0.15, -0.1) is 12.4 Å². The van der Waals surface area contributed by atoms with E-state index < -0.39 is 0 Å². The van der Waals surface area contributed by atoms with E-state index in [1.165, 1.54) is 5.56 Å². The maximum Gasteiger partial charge on any atom is 0.166 e. The summed E-state index contributed by atoms with van der Waals surface area (Å²) in [6.45, 7) is 0.986. The molecule has 0 spiro atoms. The van der Waals surface area contributed by atoms with Crippen LogP contribution in [0, 0.1) is 0 Å². The van der Waals surface area contributed by atoms with Crippen molar-refractivity contribution in [3.63, 3.8) is 0 Å². The number of H-pyrrole nitrogens is 1. The number of halogens is 1. The molecular weight excluding hydrogens is 324 g/mol. The van der Waals surface area contributed by atoms with Gasteiger partial charge in [0, 0.05) is 29.1 Å². The van der Waals surface area contributed by atoms with E-state index in [4.69, 9.17) is 10.5 Å². The van der Waals surface area contributed by atoms with E-state index in [9.17, 15) is 4.79 Å². The first-order valence-corrected chi connectivity index (χ1v) is 7.79. The van der Waals surface area contributed by atoms with Crippen LogP contribution in [0.5, 0.6) is 5.75 Å². The van der Waals surface area contributed by atoms with Crippen molar-refractivity contribution in [2.45, 2.75) is 12.8 Å². The maximum absolute atomic E-state index is 12.0. The van der Waals surface area contributed by atoms with Gasteiger partial charge >= 0.3 is 0 Å². The minimum absolute atomic E-state index is 0.